The largest absolute Gasteiger partial charge is 0.573 e. The van der Waals surface area contributed by atoms with E-state index in [0.29, 0.717) is 25.9 Å². The van der Waals surface area contributed by atoms with E-state index in [0.717, 1.165) is 12.1 Å². The van der Waals surface area contributed by atoms with E-state index in [-0.39, 0.29) is 11.3 Å². The van der Waals surface area contributed by atoms with Gasteiger partial charge < -0.3 is 20.1 Å². The van der Waals surface area contributed by atoms with Crippen LogP contribution in [0.4, 0.5) is 13.2 Å². The molecule has 1 aromatic rings. The first kappa shape index (κ1) is 14.0. The first-order valence-electron chi connectivity index (χ1n) is 6.49. The Morgan fingerprint density at radius 1 is 1.24 bits per heavy atom. The molecule has 114 valence electrons. The van der Waals surface area contributed by atoms with Crippen LogP contribution in [0.5, 0.6) is 11.5 Å². The Kier molecular flexibility index (Phi) is 3.20. The lowest BCUT2D eigenvalue weighted by Crippen LogP contribution is -2.60. The molecule has 0 atom stereocenters. The second-order valence-electron chi connectivity index (χ2n) is 5.01. The molecular formula is C13H13F3N2O3. The highest BCUT2D eigenvalue weighted by Gasteiger charge is 2.41. The maximum absolute atomic E-state index is 12.2. The van der Waals surface area contributed by atoms with Crippen LogP contribution in [0.15, 0.2) is 18.2 Å². The highest BCUT2D eigenvalue weighted by molar-refractivity contribution is 5.98. The van der Waals surface area contributed by atoms with E-state index in [1.807, 2.05) is 0 Å². The molecule has 5 nitrogen and oxygen atoms in total. The van der Waals surface area contributed by atoms with E-state index in [1.165, 1.54) is 6.07 Å². The van der Waals surface area contributed by atoms with Gasteiger partial charge in [-0.25, -0.2) is 0 Å². The zero-order valence-electron chi connectivity index (χ0n) is 10.9. The van der Waals surface area contributed by atoms with Crippen molar-refractivity contribution in [2.24, 2.45) is 0 Å². The summed E-state index contributed by atoms with van der Waals surface area (Å²) in [6.45, 7) is 1.40. The predicted octanol–water partition coefficient (Wildman–Crippen LogP) is 1.79. The van der Waals surface area contributed by atoms with Gasteiger partial charge >= 0.3 is 6.36 Å². The first-order valence-corrected chi connectivity index (χ1v) is 6.49. The molecule has 2 N–H and O–H groups in total. The number of piperidine rings is 1. The molecule has 2 aliphatic rings. The number of nitrogens with one attached hydrogen (secondary N) is 2. The second-order valence-corrected chi connectivity index (χ2v) is 5.01. The second kappa shape index (κ2) is 4.80. The number of fused-ring (bicyclic) bond motifs is 1. The van der Waals surface area contributed by atoms with Crippen LogP contribution < -0.4 is 20.1 Å². The monoisotopic (exact) mass is 302 g/mol. The molecule has 1 saturated heterocycles. The summed E-state index contributed by atoms with van der Waals surface area (Å²) in [5, 5.41) is 5.89. The van der Waals surface area contributed by atoms with E-state index in [4.69, 9.17) is 4.74 Å². The van der Waals surface area contributed by atoms with Crippen LogP contribution in [-0.4, -0.2) is 31.1 Å². The number of amides is 1. The van der Waals surface area contributed by atoms with Gasteiger partial charge in [0.25, 0.3) is 5.91 Å². The summed E-state index contributed by atoms with van der Waals surface area (Å²) in [5.74, 6) is -0.623. The molecular weight excluding hydrogens is 289 g/mol. The van der Waals surface area contributed by atoms with Gasteiger partial charge in [0.15, 0.2) is 5.72 Å². The molecule has 0 unspecified atom stereocenters. The smallest absolute Gasteiger partial charge is 0.467 e. The van der Waals surface area contributed by atoms with Crippen molar-refractivity contribution in [3.63, 3.8) is 0 Å². The van der Waals surface area contributed by atoms with Crippen molar-refractivity contribution in [1.29, 1.82) is 0 Å². The molecule has 0 aliphatic carbocycles. The van der Waals surface area contributed by atoms with Gasteiger partial charge in [-0.15, -0.1) is 13.2 Å². The number of halogens is 3. The number of rotatable bonds is 1. The van der Waals surface area contributed by atoms with Gasteiger partial charge in [-0.2, -0.15) is 0 Å². The van der Waals surface area contributed by atoms with Crippen LogP contribution in [0.25, 0.3) is 0 Å². The fourth-order valence-corrected chi connectivity index (χ4v) is 2.54. The molecule has 21 heavy (non-hydrogen) atoms. The summed E-state index contributed by atoms with van der Waals surface area (Å²) < 4.78 is 46.2. The van der Waals surface area contributed by atoms with E-state index in [1.54, 1.807) is 0 Å². The standard InChI is InChI=1S/C13H13F3N2O3/c14-13(15,16)20-8-1-2-10-9(7-8)11(19)18-12(21-10)3-5-17-6-4-12/h1-2,7,17H,3-6H2,(H,18,19). The molecule has 1 spiro atoms. The van der Waals surface area contributed by atoms with Crippen molar-refractivity contribution >= 4 is 5.91 Å². The van der Waals surface area contributed by atoms with E-state index >= 15 is 0 Å². The fraction of sp³-hybridized carbons (Fsp3) is 0.462. The van der Waals surface area contributed by atoms with E-state index in [9.17, 15) is 18.0 Å². The number of benzene rings is 1. The molecule has 3 rings (SSSR count). The van der Waals surface area contributed by atoms with Gasteiger partial charge in [0.2, 0.25) is 0 Å². The zero-order chi connectivity index (χ0) is 15.1. The number of carbonyl (C=O) groups excluding carboxylic acids is 1. The molecule has 1 fully saturated rings. The number of hydrogen-bond donors (Lipinski definition) is 2. The summed E-state index contributed by atoms with van der Waals surface area (Å²) >= 11 is 0. The van der Waals surface area contributed by atoms with Crippen LogP contribution >= 0.6 is 0 Å². The van der Waals surface area contributed by atoms with Crippen molar-refractivity contribution in [2.75, 3.05) is 13.1 Å². The minimum absolute atomic E-state index is 0.0425. The van der Waals surface area contributed by atoms with Crippen LogP contribution in [0.2, 0.25) is 0 Å². The van der Waals surface area contributed by atoms with Crippen molar-refractivity contribution in [3.05, 3.63) is 23.8 Å². The maximum atomic E-state index is 12.2. The normalized spacial score (nSPS) is 20.4. The third kappa shape index (κ3) is 2.90. The van der Waals surface area contributed by atoms with Crippen molar-refractivity contribution in [2.45, 2.75) is 24.9 Å². The van der Waals surface area contributed by atoms with Gasteiger partial charge in [0.05, 0.1) is 5.56 Å². The summed E-state index contributed by atoms with van der Waals surface area (Å²) in [5.41, 5.74) is -0.734. The Balaban J connectivity index is 1.87. The number of carbonyl (C=O) groups is 1. The Morgan fingerprint density at radius 3 is 2.62 bits per heavy atom. The van der Waals surface area contributed by atoms with E-state index < -0.39 is 23.7 Å². The molecule has 0 saturated carbocycles. The van der Waals surface area contributed by atoms with Gasteiger partial charge in [0, 0.05) is 25.9 Å². The molecule has 2 aliphatic heterocycles. The first-order chi connectivity index (χ1) is 9.87. The zero-order valence-corrected chi connectivity index (χ0v) is 10.9. The van der Waals surface area contributed by atoms with Crippen LogP contribution in [-0.2, 0) is 0 Å². The Hall–Kier alpha value is -1.96. The molecule has 8 heteroatoms. The third-order valence-electron chi connectivity index (χ3n) is 3.49. The van der Waals surface area contributed by atoms with Crippen LogP contribution in [0, 0.1) is 0 Å². The molecule has 2 heterocycles. The lowest BCUT2D eigenvalue weighted by atomic mass is 9.98. The van der Waals surface area contributed by atoms with Gasteiger partial charge in [-0.3, -0.25) is 4.79 Å². The number of ether oxygens (including phenoxy) is 2. The highest BCUT2D eigenvalue weighted by Crippen LogP contribution is 2.35. The van der Waals surface area contributed by atoms with Gasteiger partial charge in [-0.1, -0.05) is 0 Å². The van der Waals surface area contributed by atoms with E-state index in [2.05, 4.69) is 15.4 Å². The number of hydrogen-bond acceptors (Lipinski definition) is 4. The third-order valence-corrected chi connectivity index (χ3v) is 3.49. The minimum atomic E-state index is -4.80. The Labute approximate surface area is 118 Å². The molecule has 1 aromatic carbocycles. The van der Waals surface area contributed by atoms with Crippen LogP contribution in [0.1, 0.15) is 23.2 Å². The highest BCUT2D eigenvalue weighted by atomic mass is 19.4. The minimum Gasteiger partial charge on any atom is -0.467 e. The average molecular weight is 302 g/mol. The molecule has 0 bridgehead atoms. The SMILES string of the molecule is O=C1NC2(CCNCC2)Oc2ccc(OC(F)(F)F)cc21. The Bertz CT molecular complexity index is 568. The summed E-state index contributed by atoms with van der Waals surface area (Å²) in [4.78, 5) is 12.1. The molecule has 0 radical (unpaired) electrons. The number of alkyl halides is 3. The quantitative estimate of drug-likeness (QED) is 0.830. The summed E-state index contributed by atoms with van der Waals surface area (Å²) in [6.07, 6.45) is -3.60. The average Bonchev–Trinajstić information content (AvgIpc) is 2.39. The maximum Gasteiger partial charge on any atom is 0.573 e. The lowest BCUT2D eigenvalue weighted by Gasteiger charge is -2.41. The summed E-state index contributed by atoms with van der Waals surface area (Å²) in [6, 6.07) is 3.50. The van der Waals surface area contributed by atoms with Crippen LogP contribution in [0.3, 0.4) is 0 Å². The van der Waals surface area contributed by atoms with Crippen molar-refractivity contribution in [1.82, 2.24) is 10.6 Å². The topological polar surface area (TPSA) is 59.6 Å². The summed E-state index contributed by atoms with van der Waals surface area (Å²) in [7, 11) is 0. The van der Waals surface area contributed by atoms with Gasteiger partial charge in [-0.05, 0) is 18.2 Å². The predicted molar refractivity (Wildman–Crippen MR) is 66.1 cm³/mol. The van der Waals surface area contributed by atoms with Crippen molar-refractivity contribution in [3.8, 4) is 11.5 Å². The van der Waals surface area contributed by atoms with Crippen molar-refractivity contribution < 1.29 is 27.4 Å². The fourth-order valence-electron chi connectivity index (χ4n) is 2.54. The molecule has 1 amide bonds. The molecule has 0 aromatic heterocycles. The Morgan fingerprint density at radius 2 is 1.95 bits per heavy atom. The lowest BCUT2D eigenvalue weighted by molar-refractivity contribution is -0.274. The van der Waals surface area contributed by atoms with Gasteiger partial charge in [0.1, 0.15) is 11.5 Å².